The summed E-state index contributed by atoms with van der Waals surface area (Å²) >= 11 is 0. The number of rotatable bonds is 6. The quantitative estimate of drug-likeness (QED) is 0.811. The Bertz CT molecular complexity index is 391. The van der Waals surface area contributed by atoms with Crippen molar-refractivity contribution in [2.24, 2.45) is 5.73 Å². The monoisotopic (exact) mass is 250 g/mol. The average molecular weight is 250 g/mol. The van der Waals surface area contributed by atoms with Crippen LogP contribution < -0.4 is 15.8 Å². The van der Waals surface area contributed by atoms with E-state index >= 15 is 0 Å². The van der Waals surface area contributed by atoms with Gasteiger partial charge in [0.15, 0.2) is 0 Å². The number of para-hydroxylation sites is 1. The maximum atomic E-state index is 11.7. The summed E-state index contributed by atoms with van der Waals surface area (Å²) in [6.07, 6.45) is 0.266. The molecule has 0 bridgehead atoms. The number of carbonyl (C=O) groups excluding carboxylic acids is 1. The minimum Gasteiger partial charge on any atom is -0.494 e. The van der Waals surface area contributed by atoms with Gasteiger partial charge in [0.1, 0.15) is 5.75 Å². The normalized spacial score (nSPS) is 12.3. The van der Waals surface area contributed by atoms with E-state index in [1.807, 2.05) is 45.0 Å². The highest BCUT2D eigenvalue weighted by atomic mass is 16.5. The Kier molecular flexibility index (Phi) is 5.65. The molecule has 1 atom stereocenters. The summed E-state index contributed by atoms with van der Waals surface area (Å²) in [6, 6.07) is 7.36. The summed E-state index contributed by atoms with van der Waals surface area (Å²) in [4.78, 5) is 11.7. The highest BCUT2D eigenvalue weighted by Crippen LogP contribution is 2.25. The molecule has 0 aliphatic carbocycles. The van der Waals surface area contributed by atoms with E-state index in [0.29, 0.717) is 6.61 Å². The molecule has 0 radical (unpaired) electrons. The lowest BCUT2D eigenvalue weighted by Gasteiger charge is -2.17. The van der Waals surface area contributed by atoms with Crippen molar-refractivity contribution in [2.45, 2.75) is 39.3 Å². The standard InChI is InChI=1S/C14H22N2O2/c1-4-18-13-8-6-5-7-11(13)12(15)9-14(17)16-10(2)3/h5-8,10,12H,4,9,15H2,1-3H3,(H,16,17)/t12-/m0/s1. The minimum absolute atomic E-state index is 0.0381. The van der Waals surface area contributed by atoms with Gasteiger partial charge in [-0.05, 0) is 26.8 Å². The van der Waals surface area contributed by atoms with Crippen LogP contribution in [-0.4, -0.2) is 18.6 Å². The third-order valence-electron chi connectivity index (χ3n) is 2.47. The van der Waals surface area contributed by atoms with E-state index in [2.05, 4.69) is 5.32 Å². The lowest BCUT2D eigenvalue weighted by molar-refractivity contribution is -0.121. The van der Waals surface area contributed by atoms with Crippen LogP contribution >= 0.6 is 0 Å². The zero-order valence-electron chi connectivity index (χ0n) is 11.3. The molecule has 0 saturated carbocycles. The maximum Gasteiger partial charge on any atom is 0.222 e. The van der Waals surface area contributed by atoms with Crippen LogP contribution in [-0.2, 0) is 4.79 Å². The van der Waals surface area contributed by atoms with Gasteiger partial charge in [-0.1, -0.05) is 18.2 Å². The second-order valence-electron chi connectivity index (χ2n) is 4.50. The van der Waals surface area contributed by atoms with Crippen LogP contribution in [0.2, 0.25) is 0 Å². The Balaban J connectivity index is 2.71. The lowest BCUT2D eigenvalue weighted by Crippen LogP contribution is -2.32. The van der Waals surface area contributed by atoms with Crippen molar-refractivity contribution in [3.05, 3.63) is 29.8 Å². The number of carbonyl (C=O) groups is 1. The number of amides is 1. The number of hydrogen-bond donors (Lipinski definition) is 2. The topological polar surface area (TPSA) is 64.3 Å². The van der Waals surface area contributed by atoms with Gasteiger partial charge in [-0.25, -0.2) is 0 Å². The van der Waals surface area contributed by atoms with Gasteiger partial charge >= 0.3 is 0 Å². The van der Waals surface area contributed by atoms with E-state index in [0.717, 1.165) is 11.3 Å². The molecule has 1 aromatic rings. The fourth-order valence-corrected chi connectivity index (χ4v) is 1.76. The summed E-state index contributed by atoms with van der Waals surface area (Å²) in [5, 5.41) is 2.84. The molecule has 0 fully saturated rings. The average Bonchev–Trinajstić information content (AvgIpc) is 2.28. The lowest BCUT2D eigenvalue weighted by atomic mass is 10.0. The van der Waals surface area contributed by atoms with Crippen LogP contribution in [0.4, 0.5) is 0 Å². The first-order valence-corrected chi connectivity index (χ1v) is 6.31. The van der Waals surface area contributed by atoms with Crippen molar-refractivity contribution in [1.29, 1.82) is 0 Å². The van der Waals surface area contributed by atoms with Gasteiger partial charge < -0.3 is 15.8 Å². The van der Waals surface area contributed by atoms with Crippen LogP contribution in [0.25, 0.3) is 0 Å². The van der Waals surface area contributed by atoms with Crippen LogP contribution in [0, 0.1) is 0 Å². The van der Waals surface area contributed by atoms with Crippen LogP contribution in [0.5, 0.6) is 5.75 Å². The van der Waals surface area contributed by atoms with Crippen molar-refractivity contribution < 1.29 is 9.53 Å². The molecule has 0 heterocycles. The van der Waals surface area contributed by atoms with Crippen molar-refractivity contribution in [2.75, 3.05) is 6.61 Å². The van der Waals surface area contributed by atoms with E-state index in [9.17, 15) is 4.79 Å². The fraction of sp³-hybridized carbons (Fsp3) is 0.500. The molecule has 0 aromatic heterocycles. The third-order valence-corrected chi connectivity index (χ3v) is 2.47. The molecule has 4 heteroatoms. The molecule has 1 aromatic carbocycles. The zero-order chi connectivity index (χ0) is 13.5. The van der Waals surface area contributed by atoms with Crippen molar-refractivity contribution >= 4 is 5.91 Å². The molecule has 3 N–H and O–H groups in total. The van der Waals surface area contributed by atoms with E-state index < -0.39 is 0 Å². The third kappa shape index (κ3) is 4.37. The van der Waals surface area contributed by atoms with Crippen LogP contribution in [0.1, 0.15) is 38.8 Å². The molecule has 0 spiro atoms. The number of benzene rings is 1. The Hall–Kier alpha value is -1.55. The fourth-order valence-electron chi connectivity index (χ4n) is 1.76. The van der Waals surface area contributed by atoms with Gasteiger partial charge in [-0.2, -0.15) is 0 Å². The predicted octanol–water partition coefficient (Wildman–Crippen LogP) is 2.00. The second kappa shape index (κ2) is 7.01. The number of nitrogens with one attached hydrogen (secondary N) is 1. The smallest absolute Gasteiger partial charge is 0.222 e. The zero-order valence-corrected chi connectivity index (χ0v) is 11.3. The van der Waals surface area contributed by atoms with Gasteiger partial charge in [0.2, 0.25) is 5.91 Å². The van der Waals surface area contributed by atoms with Gasteiger partial charge in [0.25, 0.3) is 0 Å². The summed E-state index contributed by atoms with van der Waals surface area (Å²) in [6.45, 7) is 6.37. The Morgan fingerprint density at radius 1 is 1.39 bits per heavy atom. The minimum atomic E-state index is -0.341. The highest BCUT2D eigenvalue weighted by Gasteiger charge is 2.15. The summed E-state index contributed by atoms with van der Waals surface area (Å²) in [7, 11) is 0. The number of hydrogen-bond acceptors (Lipinski definition) is 3. The maximum absolute atomic E-state index is 11.7. The van der Waals surface area contributed by atoms with Crippen LogP contribution in [0.3, 0.4) is 0 Å². The number of ether oxygens (including phenoxy) is 1. The molecular weight excluding hydrogens is 228 g/mol. The first-order valence-electron chi connectivity index (χ1n) is 6.31. The molecule has 18 heavy (non-hydrogen) atoms. The van der Waals surface area contributed by atoms with Crippen molar-refractivity contribution in [3.8, 4) is 5.75 Å². The molecule has 1 amide bonds. The Morgan fingerprint density at radius 2 is 2.06 bits per heavy atom. The van der Waals surface area contributed by atoms with Gasteiger partial charge in [0.05, 0.1) is 6.61 Å². The summed E-state index contributed by atoms with van der Waals surface area (Å²) in [5.74, 6) is 0.716. The van der Waals surface area contributed by atoms with Crippen LogP contribution in [0.15, 0.2) is 24.3 Å². The van der Waals surface area contributed by atoms with E-state index in [1.165, 1.54) is 0 Å². The van der Waals surface area contributed by atoms with E-state index in [4.69, 9.17) is 10.5 Å². The van der Waals surface area contributed by atoms with Gasteiger partial charge in [0, 0.05) is 24.1 Å². The first-order chi connectivity index (χ1) is 8.54. The number of nitrogens with two attached hydrogens (primary N) is 1. The van der Waals surface area contributed by atoms with Gasteiger partial charge in [-0.15, -0.1) is 0 Å². The second-order valence-corrected chi connectivity index (χ2v) is 4.50. The molecule has 100 valence electrons. The molecule has 1 rings (SSSR count). The predicted molar refractivity (Wildman–Crippen MR) is 72.4 cm³/mol. The highest BCUT2D eigenvalue weighted by molar-refractivity contribution is 5.77. The molecule has 0 unspecified atom stereocenters. The summed E-state index contributed by atoms with van der Waals surface area (Å²) < 4.78 is 5.51. The Morgan fingerprint density at radius 3 is 2.67 bits per heavy atom. The summed E-state index contributed by atoms with van der Waals surface area (Å²) in [5.41, 5.74) is 6.94. The van der Waals surface area contributed by atoms with E-state index in [-0.39, 0.29) is 24.4 Å². The Labute approximate surface area is 109 Å². The molecule has 4 nitrogen and oxygen atoms in total. The van der Waals surface area contributed by atoms with Crippen molar-refractivity contribution in [3.63, 3.8) is 0 Å². The first kappa shape index (κ1) is 14.5. The molecular formula is C14H22N2O2. The molecule has 0 aliphatic rings. The largest absolute Gasteiger partial charge is 0.494 e. The van der Waals surface area contributed by atoms with Gasteiger partial charge in [-0.3, -0.25) is 4.79 Å². The van der Waals surface area contributed by atoms with E-state index in [1.54, 1.807) is 0 Å². The molecule has 0 aliphatic heterocycles. The SMILES string of the molecule is CCOc1ccccc1[C@@H](N)CC(=O)NC(C)C. The van der Waals surface area contributed by atoms with Crippen molar-refractivity contribution in [1.82, 2.24) is 5.32 Å². The molecule has 0 saturated heterocycles.